The van der Waals surface area contributed by atoms with Crippen LogP contribution >= 0.6 is 11.6 Å². The molecule has 4 heteroatoms. The number of benzene rings is 1. The van der Waals surface area contributed by atoms with Crippen LogP contribution in [-0.4, -0.2) is 29.3 Å². The van der Waals surface area contributed by atoms with Gasteiger partial charge in [0.15, 0.2) is 0 Å². The lowest BCUT2D eigenvalue weighted by Gasteiger charge is -2.34. The van der Waals surface area contributed by atoms with Gasteiger partial charge >= 0.3 is 0 Å². The van der Waals surface area contributed by atoms with E-state index in [4.69, 9.17) is 11.6 Å². The molecule has 1 aromatic rings. The summed E-state index contributed by atoms with van der Waals surface area (Å²) in [7, 11) is 0. The minimum absolute atomic E-state index is 0.159. The van der Waals surface area contributed by atoms with Crippen molar-refractivity contribution in [2.45, 2.75) is 45.1 Å². The third kappa shape index (κ3) is 3.51. The fourth-order valence-electron chi connectivity index (χ4n) is 2.88. The van der Waals surface area contributed by atoms with Crippen molar-refractivity contribution in [2.75, 3.05) is 12.4 Å². The van der Waals surface area contributed by atoms with Crippen molar-refractivity contribution in [3.63, 3.8) is 0 Å². The molecule has 110 valence electrons. The largest absolute Gasteiger partial charge is 0.334 e. The number of alkyl halides is 1. The Balaban J connectivity index is 2.21. The number of hydrogen-bond acceptors (Lipinski definition) is 1. The topological polar surface area (TPSA) is 20.3 Å². The van der Waals surface area contributed by atoms with Gasteiger partial charge in [0.25, 0.3) is 5.91 Å². The van der Waals surface area contributed by atoms with Gasteiger partial charge in [-0.05, 0) is 37.5 Å². The highest BCUT2D eigenvalue weighted by Gasteiger charge is 2.27. The fourth-order valence-corrected chi connectivity index (χ4v) is 3.06. The number of nitrogens with zero attached hydrogens (tertiary/aromatic N) is 1. The summed E-state index contributed by atoms with van der Waals surface area (Å²) in [5.41, 5.74) is 0.979. The molecule has 2 nitrogen and oxygen atoms in total. The number of carbonyl (C=O) groups is 1. The van der Waals surface area contributed by atoms with Crippen LogP contribution in [0, 0.1) is 12.7 Å². The molecular formula is C16H21ClFNO. The maximum Gasteiger partial charge on any atom is 0.257 e. The second-order valence-corrected chi connectivity index (χ2v) is 5.84. The van der Waals surface area contributed by atoms with E-state index in [0.717, 1.165) is 31.2 Å². The van der Waals surface area contributed by atoms with Crippen LogP contribution in [0.15, 0.2) is 18.2 Å². The van der Waals surface area contributed by atoms with Crippen LogP contribution in [0.2, 0.25) is 0 Å². The highest BCUT2D eigenvalue weighted by atomic mass is 35.5. The standard InChI is InChI=1S/C16H21ClFNO/c1-12-7-8-14(15(18)11-12)16(20)19(10-9-17)13-5-3-2-4-6-13/h7-8,11,13H,2-6,9-10H2,1H3. The van der Waals surface area contributed by atoms with Gasteiger partial charge in [0.2, 0.25) is 0 Å². The predicted molar refractivity (Wildman–Crippen MR) is 79.8 cm³/mol. The SMILES string of the molecule is Cc1ccc(C(=O)N(CCCl)C2CCCCC2)c(F)c1. The van der Waals surface area contributed by atoms with Crippen molar-refractivity contribution in [3.05, 3.63) is 35.1 Å². The zero-order chi connectivity index (χ0) is 14.5. The van der Waals surface area contributed by atoms with Crippen molar-refractivity contribution in [1.29, 1.82) is 0 Å². The lowest BCUT2D eigenvalue weighted by Crippen LogP contribution is -2.43. The van der Waals surface area contributed by atoms with E-state index in [1.54, 1.807) is 17.0 Å². The Labute approximate surface area is 124 Å². The molecule has 1 aliphatic rings. The Bertz CT molecular complexity index is 472. The van der Waals surface area contributed by atoms with E-state index in [0.29, 0.717) is 12.4 Å². The lowest BCUT2D eigenvalue weighted by atomic mass is 9.93. The summed E-state index contributed by atoms with van der Waals surface area (Å²) in [6.07, 6.45) is 5.48. The molecular weight excluding hydrogens is 277 g/mol. The molecule has 0 saturated heterocycles. The van der Waals surface area contributed by atoms with Gasteiger partial charge in [-0.3, -0.25) is 4.79 Å². The molecule has 0 N–H and O–H groups in total. The second-order valence-electron chi connectivity index (χ2n) is 5.46. The third-order valence-corrected chi connectivity index (χ3v) is 4.13. The average molecular weight is 298 g/mol. The van der Waals surface area contributed by atoms with Crippen LogP contribution in [-0.2, 0) is 0 Å². The van der Waals surface area contributed by atoms with Crippen LogP contribution in [0.1, 0.15) is 48.0 Å². The summed E-state index contributed by atoms with van der Waals surface area (Å²) in [5.74, 6) is -0.282. The molecule has 0 heterocycles. The zero-order valence-electron chi connectivity index (χ0n) is 11.9. The molecule has 1 aromatic carbocycles. The Morgan fingerprint density at radius 2 is 2.05 bits per heavy atom. The number of rotatable bonds is 4. The summed E-state index contributed by atoms with van der Waals surface area (Å²) in [6.45, 7) is 2.30. The van der Waals surface area contributed by atoms with E-state index in [-0.39, 0.29) is 17.5 Å². The van der Waals surface area contributed by atoms with Gasteiger partial charge < -0.3 is 4.90 Å². The Morgan fingerprint density at radius 3 is 2.65 bits per heavy atom. The van der Waals surface area contributed by atoms with E-state index < -0.39 is 5.82 Å². The quantitative estimate of drug-likeness (QED) is 0.765. The highest BCUT2D eigenvalue weighted by molar-refractivity contribution is 6.18. The average Bonchev–Trinajstić information content (AvgIpc) is 2.45. The number of hydrogen-bond donors (Lipinski definition) is 0. The first-order valence-electron chi connectivity index (χ1n) is 7.26. The van der Waals surface area contributed by atoms with Crippen molar-refractivity contribution in [1.82, 2.24) is 4.90 Å². The van der Waals surface area contributed by atoms with Crippen LogP contribution < -0.4 is 0 Å². The van der Waals surface area contributed by atoms with Gasteiger partial charge in [-0.25, -0.2) is 4.39 Å². The maximum atomic E-state index is 14.0. The molecule has 0 spiro atoms. The van der Waals surface area contributed by atoms with E-state index in [2.05, 4.69) is 0 Å². The molecule has 20 heavy (non-hydrogen) atoms. The lowest BCUT2D eigenvalue weighted by molar-refractivity contribution is 0.0645. The number of carbonyl (C=O) groups excluding carboxylic acids is 1. The van der Waals surface area contributed by atoms with Crippen molar-refractivity contribution < 1.29 is 9.18 Å². The molecule has 0 bridgehead atoms. The normalized spacial score (nSPS) is 16.1. The summed E-state index contributed by atoms with van der Waals surface area (Å²) in [5, 5.41) is 0. The smallest absolute Gasteiger partial charge is 0.257 e. The van der Waals surface area contributed by atoms with Gasteiger partial charge in [0.05, 0.1) is 5.56 Å². The zero-order valence-corrected chi connectivity index (χ0v) is 12.6. The van der Waals surface area contributed by atoms with Gasteiger partial charge in [-0.1, -0.05) is 25.3 Å². The fraction of sp³-hybridized carbons (Fsp3) is 0.562. The van der Waals surface area contributed by atoms with Gasteiger partial charge in [0, 0.05) is 18.5 Å². The Hall–Kier alpha value is -1.09. The molecule has 2 rings (SSSR count). The molecule has 1 aliphatic carbocycles. The highest BCUT2D eigenvalue weighted by Crippen LogP contribution is 2.24. The summed E-state index contributed by atoms with van der Waals surface area (Å²) in [6, 6.07) is 4.97. The number of halogens is 2. The van der Waals surface area contributed by atoms with Crippen LogP contribution in [0.5, 0.6) is 0 Å². The van der Waals surface area contributed by atoms with E-state index >= 15 is 0 Å². The first-order chi connectivity index (χ1) is 9.63. The predicted octanol–water partition coefficient (Wildman–Crippen LogP) is 4.15. The molecule has 0 aliphatic heterocycles. The van der Waals surface area contributed by atoms with Crippen molar-refractivity contribution >= 4 is 17.5 Å². The second kappa shape index (κ2) is 7.07. The first kappa shape index (κ1) is 15.3. The van der Waals surface area contributed by atoms with E-state index in [1.165, 1.54) is 12.5 Å². The van der Waals surface area contributed by atoms with Gasteiger partial charge in [-0.15, -0.1) is 11.6 Å². The molecule has 0 atom stereocenters. The first-order valence-corrected chi connectivity index (χ1v) is 7.80. The molecule has 0 radical (unpaired) electrons. The van der Waals surface area contributed by atoms with Crippen LogP contribution in [0.4, 0.5) is 4.39 Å². The van der Waals surface area contributed by atoms with E-state index in [9.17, 15) is 9.18 Å². The molecule has 1 fully saturated rings. The maximum absolute atomic E-state index is 14.0. The Kier molecular flexibility index (Phi) is 5.41. The van der Waals surface area contributed by atoms with E-state index in [1.807, 2.05) is 6.92 Å². The minimum Gasteiger partial charge on any atom is -0.334 e. The minimum atomic E-state index is -0.439. The number of aryl methyl sites for hydroxylation is 1. The molecule has 1 amide bonds. The van der Waals surface area contributed by atoms with Crippen LogP contribution in [0.25, 0.3) is 0 Å². The molecule has 0 unspecified atom stereocenters. The van der Waals surface area contributed by atoms with Gasteiger partial charge in [-0.2, -0.15) is 0 Å². The molecule has 1 saturated carbocycles. The monoisotopic (exact) mass is 297 g/mol. The van der Waals surface area contributed by atoms with Gasteiger partial charge in [0.1, 0.15) is 5.82 Å². The summed E-state index contributed by atoms with van der Waals surface area (Å²) < 4.78 is 14.0. The van der Waals surface area contributed by atoms with Crippen molar-refractivity contribution in [3.8, 4) is 0 Å². The third-order valence-electron chi connectivity index (χ3n) is 3.96. The van der Waals surface area contributed by atoms with Crippen LogP contribution in [0.3, 0.4) is 0 Å². The Morgan fingerprint density at radius 1 is 1.35 bits per heavy atom. The summed E-state index contributed by atoms with van der Waals surface area (Å²) >= 11 is 5.82. The van der Waals surface area contributed by atoms with Crippen molar-refractivity contribution in [2.24, 2.45) is 0 Å². The number of amides is 1. The summed E-state index contributed by atoms with van der Waals surface area (Å²) in [4.78, 5) is 14.4. The molecule has 0 aromatic heterocycles.